The number of nitrogens with one attached hydrogen (secondary N) is 1. The van der Waals surface area contributed by atoms with Gasteiger partial charge in [0.25, 0.3) is 0 Å². The van der Waals surface area contributed by atoms with E-state index in [1.807, 2.05) is 31.3 Å². The van der Waals surface area contributed by atoms with E-state index >= 15 is 0 Å². The maximum Gasteiger partial charge on any atom is 0.115 e. The summed E-state index contributed by atoms with van der Waals surface area (Å²) in [4.78, 5) is 10.2. The van der Waals surface area contributed by atoms with Gasteiger partial charge in [-0.2, -0.15) is 0 Å². The highest BCUT2D eigenvalue weighted by Crippen LogP contribution is 2.29. The number of hydrogen-bond donors (Lipinski definition) is 2. The molecular weight excluding hydrogens is 280 g/mol. The van der Waals surface area contributed by atoms with Gasteiger partial charge in [-0.3, -0.25) is 4.98 Å². The Hall–Kier alpha value is -2.14. The third-order valence-electron chi connectivity index (χ3n) is 3.34. The lowest BCUT2D eigenvalue weighted by atomic mass is 10.1. The van der Waals surface area contributed by atoms with Gasteiger partial charge in [0.05, 0.1) is 11.6 Å². The Morgan fingerprint density at radius 2 is 2.05 bits per heavy atom. The van der Waals surface area contributed by atoms with Crippen molar-refractivity contribution in [3.8, 4) is 0 Å². The molecule has 108 valence electrons. The van der Waals surface area contributed by atoms with Gasteiger partial charge in [-0.25, -0.2) is 4.98 Å². The minimum atomic E-state index is 0.148. The lowest BCUT2D eigenvalue weighted by molar-refractivity contribution is 0.870. The van der Waals surface area contributed by atoms with Crippen molar-refractivity contribution in [1.29, 1.82) is 0 Å². The molecule has 0 aliphatic rings. The summed E-state index contributed by atoms with van der Waals surface area (Å²) < 4.78 is 0. The van der Waals surface area contributed by atoms with Crippen LogP contribution in [-0.2, 0) is 0 Å². The van der Waals surface area contributed by atoms with Crippen molar-refractivity contribution in [2.75, 3.05) is 11.1 Å². The standard InChI is InChI=1S/C16H18N4S/c1-9-6-15(13-7-12(17)4-5-14(13)19-9)20-11(3)16-18-8-10(2)21-16/h4-8,11H,17H2,1-3H3,(H,19,20). The molecule has 21 heavy (non-hydrogen) atoms. The van der Waals surface area contributed by atoms with Gasteiger partial charge in [0.15, 0.2) is 0 Å². The fraction of sp³-hybridized carbons (Fsp3) is 0.250. The Labute approximate surface area is 128 Å². The van der Waals surface area contributed by atoms with Gasteiger partial charge in [-0.05, 0) is 45.0 Å². The second-order valence-electron chi connectivity index (χ2n) is 5.26. The molecule has 0 aliphatic heterocycles. The number of nitrogens with two attached hydrogens (primary N) is 1. The van der Waals surface area contributed by atoms with Crippen molar-refractivity contribution in [3.05, 3.63) is 46.0 Å². The largest absolute Gasteiger partial charge is 0.399 e. The SMILES string of the molecule is Cc1cc(NC(C)c2ncc(C)s2)c2cc(N)ccc2n1. The number of aryl methyl sites for hydroxylation is 2. The van der Waals surface area contributed by atoms with Crippen molar-refractivity contribution < 1.29 is 0 Å². The van der Waals surface area contributed by atoms with Crippen molar-refractivity contribution >= 4 is 33.6 Å². The van der Waals surface area contributed by atoms with Crippen LogP contribution in [0.5, 0.6) is 0 Å². The predicted molar refractivity (Wildman–Crippen MR) is 89.8 cm³/mol. The fourth-order valence-corrected chi connectivity index (χ4v) is 3.14. The zero-order chi connectivity index (χ0) is 15.0. The summed E-state index contributed by atoms with van der Waals surface area (Å²) in [5, 5.41) is 5.66. The van der Waals surface area contributed by atoms with Crippen molar-refractivity contribution in [3.63, 3.8) is 0 Å². The van der Waals surface area contributed by atoms with Gasteiger partial charge in [-0.1, -0.05) is 0 Å². The monoisotopic (exact) mass is 298 g/mol. The maximum absolute atomic E-state index is 5.91. The molecule has 1 atom stereocenters. The zero-order valence-corrected chi connectivity index (χ0v) is 13.2. The normalized spacial score (nSPS) is 12.5. The molecule has 0 amide bonds. The lowest BCUT2D eigenvalue weighted by Gasteiger charge is -2.15. The first kappa shape index (κ1) is 13.8. The van der Waals surface area contributed by atoms with Crippen molar-refractivity contribution in [2.24, 2.45) is 0 Å². The molecule has 2 aromatic heterocycles. The number of anilines is 2. The number of aromatic nitrogens is 2. The van der Waals surface area contributed by atoms with Crippen LogP contribution in [0, 0.1) is 13.8 Å². The Kier molecular flexibility index (Phi) is 3.51. The maximum atomic E-state index is 5.91. The third-order valence-corrected chi connectivity index (χ3v) is 4.44. The molecule has 0 saturated heterocycles. The van der Waals surface area contributed by atoms with Crippen molar-refractivity contribution in [2.45, 2.75) is 26.8 Å². The molecule has 3 aromatic rings. The van der Waals surface area contributed by atoms with E-state index < -0.39 is 0 Å². The first-order valence-electron chi connectivity index (χ1n) is 6.88. The van der Waals surface area contributed by atoms with E-state index in [4.69, 9.17) is 5.73 Å². The molecule has 1 unspecified atom stereocenters. The number of rotatable bonds is 3. The molecule has 5 heteroatoms. The van der Waals surface area contributed by atoms with Crippen LogP contribution in [0.4, 0.5) is 11.4 Å². The summed E-state index contributed by atoms with van der Waals surface area (Å²) in [6, 6.07) is 8.01. The van der Waals surface area contributed by atoms with E-state index in [0.29, 0.717) is 0 Å². The van der Waals surface area contributed by atoms with Gasteiger partial charge < -0.3 is 11.1 Å². The van der Waals surface area contributed by atoms with Crippen LogP contribution >= 0.6 is 11.3 Å². The second-order valence-corrected chi connectivity index (χ2v) is 6.53. The summed E-state index contributed by atoms with van der Waals surface area (Å²) in [6.45, 7) is 6.19. The first-order chi connectivity index (χ1) is 10.0. The molecular formula is C16H18N4S. The molecule has 0 spiro atoms. The van der Waals surface area contributed by atoms with Crippen LogP contribution in [0.1, 0.15) is 28.5 Å². The molecule has 0 bridgehead atoms. The van der Waals surface area contributed by atoms with Gasteiger partial charge in [0.1, 0.15) is 5.01 Å². The Morgan fingerprint density at radius 1 is 1.24 bits per heavy atom. The highest BCUT2D eigenvalue weighted by molar-refractivity contribution is 7.11. The average Bonchev–Trinajstić information content (AvgIpc) is 2.86. The minimum absolute atomic E-state index is 0.148. The number of nitrogen functional groups attached to an aromatic ring is 1. The topological polar surface area (TPSA) is 63.8 Å². The van der Waals surface area contributed by atoms with Gasteiger partial charge >= 0.3 is 0 Å². The van der Waals surface area contributed by atoms with E-state index in [2.05, 4.69) is 35.2 Å². The average molecular weight is 298 g/mol. The highest BCUT2D eigenvalue weighted by atomic mass is 32.1. The van der Waals surface area contributed by atoms with Gasteiger partial charge in [0, 0.05) is 33.5 Å². The Morgan fingerprint density at radius 3 is 2.76 bits per heavy atom. The van der Waals surface area contributed by atoms with E-state index in [0.717, 1.165) is 33.0 Å². The Balaban J connectivity index is 2.01. The summed E-state index contributed by atoms with van der Waals surface area (Å²) in [5.41, 5.74) is 9.64. The second kappa shape index (κ2) is 5.33. The first-order valence-corrected chi connectivity index (χ1v) is 7.70. The quantitative estimate of drug-likeness (QED) is 0.716. The number of pyridine rings is 1. The molecule has 0 radical (unpaired) electrons. The van der Waals surface area contributed by atoms with E-state index in [-0.39, 0.29) is 6.04 Å². The molecule has 0 saturated carbocycles. The molecule has 3 N–H and O–H groups in total. The van der Waals surface area contributed by atoms with Gasteiger partial charge in [0.2, 0.25) is 0 Å². The summed E-state index contributed by atoms with van der Waals surface area (Å²) >= 11 is 1.71. The van der Waals surface area contributed by atoms with Crippen LogP contribution in [0.25, 0.3) is 10.9 Å². The number of fused-ring (bicyclic) bond motifs is 1. The molecule has 0 fully saturated rings. The molecule has 0 aliphatic carbocycles. The minimum Gasteiger partial charge on any atom is -0.399 e. The zero-order valence-electron chi connectivity index (χ0n) is 12.3. The van der Waals surface area contributed by atoms with E-state index in [9.17, 15) is 0 Å². The molecule has 1 aromatic carbocycles. The van der Waals surface area contributed by atoms with E-state index in [1.165, 1.54) is 4.88 Å². The number of hydrogen-bond acceptors (Lipinski definition) is 5. The van der Waals surface area contributed by atoms with Crippen LogP contribution < -0.4 is 11.1 Å². The molecule has 3 rings (SSSR count). The van der Waals surface area contributed by atoms with Crippen LogP contribution in [0.3, 0.4) is 0 Å². The van der Waals surface area contributed by atoms with Crippen LogP contribution in [0.2, 0.25) is 0 Å². The van der Waals surface area contributed by atoms with Gasteiger partial charge in [-0.15, -0.1) is 11.3 Å². The number of benzene rings is 1. The van der Waals surface area contributed by atoms with Crippen molar-refractivity contribution in [1.82, 2.24) is 9.97 Å². The molecule has 4 nitrogen and oxygen atoms in total. The van der Waals surface area contributed by atoms with Crippen LogP contribution in [0.15, 0.2) is 30.5 Å². The summed E-state index contributed by atoms with van der Waals surface area (Å²) in [5.74, 6) is 0. The number of thiazole rings is 1. The van der Waals surface area contributed by atoms with Crippen LogP contribution in [-0.4, -0.2) is 9.97 Å². The summed E-state index contributed by atoms with van der Waals surface area (Å²) in [6.07, 6.45) is 1.91. The summed E-state index contributed by atoms with van der Waals surface area (Å²) in [7, 11) is 0. The lowest BCUT2D eigenvalue weighted by Crippen LogP contribution is -2.07. The predicted octanol–water partition coefficient (Wildman–Crippen LogP) is 4.06. The Bertz CT molecular complexity index is 794. The fourth-order valence-electron chi connectivity index (χ4n) is 2.36. The highest BCUT2D eigenvalue weighted by Gasteiger charge is 2.12. The van der Waals surface area contributed by atoms with E-state index in [1.54, 1.807) is 11.3 Å². The number of nitrogens with zero attached hydrogens (tertiary/aromatic N) is 2. The third kappa shape index (κ3) is 2.83. The smallest absolute Gasteiger partial charge is 0.115 e. The molecule has 2 heterocycles.